The molecule has 1 aliphatic heterocycles. The predicted octanol–water partition coefficient (Wildman–Crippen LogP) is 0.752. The molecule has 19 heavy (non-hydrogen) atoms. The number of halogens is 1. The highest BCUT2D eigenvalue weighted by atomic mass is 35.5. The van der Waals surface area contributed by atoms with E-state index in [-0.39, 0.29) is 12.5 Å². The van der Waals surface area contributed by atoms with E-state index in [9.17, 15) is 9.59 Å². The number of nitrogens with zero attached hydrogens (tertiary/aromatic N) is 1. The molecular weight excluding hydrogens is 268 g/mol. The fourth-order valence-electron chi connectivity index (χ4n) is 2.04. The van der Waals surface area contributed by atoms with Crippen molar-refractivity contribution in [2.45, 2.75) is 11.9 Å². The van der Waals surface area contributed by atoms with Gasteiger partial charge in [0.1, 0.15) is 6.04 Å². The highest BCUT2D eigenvalue weighted by Crippen LogP contribution is 2.14. The first kappa shape index (κ1) is 13.8. The van der Waals surface area contributed by atoms with Crippen LogP contribution in [0.1, 0.15) is 15.9 Å². The van der Waals surface area contributed by atoms with Crippen molar-refractivity contribution in [2.24, 2.45) is 5.73 Å². The lowest BCUT2D eigenvalue weighted by atomic mass is 10.1. The number of nitrogens with two attached hydrogens (primary N) is 1. The monoisotopic (exact) mass is 282 g/mol. The van der Waals surface area contributed by atoms with Crippen LogP contribution in [0.4, 0.5) is 0 Å². The summed E-state index contributed by atoms with van der Waals surface area (Å²) in [7, 11) is 0. The van der Waals surface area contributed by atoms with E-state index in [0.717, 1.165) is 5.56 Å². The number of rotatable bonds is 3. The first-order chi connectivity index (χ1) is 9.13. The van der Waals surface area contributed by atoms with E-state index in [0.29, 0.717) is 24.6 Å². The van der Waals surface area contributed by atoms with Crippen LogP contribution in [0.25, 0.3) is 0 Å². The molecule has 0 spiro atoms. The van der Waals surface area contributed by atoms with Crippen molar-refractivity contribution >= 4 is 23.4 Å². The van der Waals surface area contributed by atoms with Gasteiger partial charge in [0, 0.05) is 18.0 Å². The van der Waals surface area contributed by atoms with Crippen molar-refractivity contribution in [1.82, 2.24) is 4.90 Å². The number of hydrogen-bond acceptors (Lipinski definition) is 3. The lowest BCUT2D eigenvalue weighted by molar-refractivity contribution is -0.127. The summed E-state index contributed by atoms with van der Waals surface area (Å²) in [6.07, 6.45) is 0. The Morgan fingerprint density at radius 1 is 1.47 bits per heavy atom. The number of carbonyl (C=O) groups is 2. The van der Waals surface area contributed by atoms with Crippen LogP contribution in [0.15, 0.2) is 24.3 Å². The summed E-state index contributed by atoms with van der Waals surface area (Å²) < 4.78 is 5.19. The van der Waals surface area contributed by atoms with Gasteiger partial charge in [-0.3, -0.25) is 9.59 Å². The molecule has 0 saturated carbocycles. The normalized spacial score (nSPS) is 19.2. The molecule has 1 aromatic carbocycles. The van der Waals surface area contributed by atoms with E-state index in [4.69, 9.17) is 22.1 Å². The van der Waals surface area contributed by atoms with Crippen molar-refractivity contribution in [3.63, 3.8) is 0 Å². The molecule has 0 radical (unpaired) electrons. The maximum Gasteiger partial charge on any atom is 0.254 e. The van der Waals surface area contributed by atoms with Crippen LogP contribution in [-0.2, 0) is 15.4 Å². The topological polar surface area (TPSA) is 72.6 Å². The number of amides is 2. The third kappa shape index (κ3) is 3.05. The fourth-order valence-corrected chi connectivity index (χ4v) is 2.20. The lowest BCUT2D eigenvalue weighted by Crippen LogP contribution is -2.54. The van der Waals surface area contributed by atoms with Crippen LogP contribution < -0.4 is 5.73 Å². The van der Waals surface area contributed by atoms with Crippen molar-refractivity contribution < 1.29 is 14.3 Å². The molecule has 6 heteroatoms. The number of ether oxygens (including phenoxy) is 1. The van der Waals surface area contributed by atoms with Gasteiger partial charge in [0.15, 0.2) is 0 Å². The van der Waals surface area contributed by atoms with Crippen molar-refractivity contribution in [2.75, 3.05) is 19.8 Å². The molecule has 1 heterocycles. The lowest BCUT2D eigenvalue weighted by Gasteiger charge is -2.33. The summed E-state index contributed by atoms with van der Waals surface area (Å²) in [4.78, 5) is 25.2. The zero-order valence-corrected chi connectivity index (χ0v) is 11.1. The number of primary amides is 1. The van der Waals surface area contributed by atoms with Gasteiger partial charge in [-0.1, -0.05) is 12.1 Å². The summed E-state index contributed by atoms with van der Waals surface area (Å²) in [5, 5.41) is 0. The molecule has 1 unspecified atom stereocenters. The molecule has 1 aromatic rings. The summed E-state index contributed by atoms with van der Waals surface area (Å²) in [5.74, 6) is -0.440. The molecule has 2 N–H and O–H groups in total. The second kappa shape index (κ2) is 6.04. The van der Waals surface area contributed by atoms with Gasteiger partial charge < -0.3 is 15.4 Å². The van der Waals surface area contributed by atoms with Gasteiger partial charge in [-0.2, -0.15) is 0 Å². The largest absolute Gasteiger partial charge is 0.377 e. The van der Waals surface area contributed by atoms with E-state index in [1.165, 1.54) is 4.90 Å². The first-order valence-electron chi connectivity index (χ1n) is 5.96. The third-order valence-corrected chi connectivity index (χ3v) is 3.35. The van der Waals surface area contributed by atoms with E-state index < -0.39 is 11.9 Å². The van der Waals surface area contributed by atoms with Gasteiger partial charge in [0.25, 0.3) is 5.91 Å². The molecule has 102 valence electrons. The van der Waals surface area contributed by atoms with Crippen LogP contribution in [0.5, 0.6) is 0 Å². The minimum absolute atomic E-state index is 0.149. The Balaban J connectivity index is 2.23. The zero-order chi connectivity index (χ0) is 13.8. The molecule has 1 fully saturated rings. The Hall–Kier alpha value is -1.59. The Kier molecular flexibility index (Phi) is 4.39. The van der Waals surface area contributed by atoms with E-state index in [2.05, 4.69) is 0 Å². The van der Waals surface area contributed by atoms with Crippen LogP contribution in [-0.4, -0.2) is 42.5 Å². The predicted molar refractivity (Wildman–Crippen MR) is 70.8 cm³/mol. The Bertz CT molecular complexity index is 493. The summed E-state index contributed by atoms with van der Waals surface area (Å²) in [6.45, 7) is 0.915. The molecule has 0 aromatic heterocycles. The Morgan fingerprint density at radius 2 is 2.26 bits per heavy atom. The van der Waals surface area contributed by atoms with E-state index in [1.54, 1.807) is 18.2 Å². The quantitative estimate of drug-likeness (QED) is 0.832. The van der Waals surface area contributed by atoms with Crippen molar-refractivity contribution in [3.8, 4) is 0 Å². The molecule has 0 aliphatic carbocycles. The fraction of sp³-hybridized carbons (Fsp3) is 0.385. The molecule has 2 rings (SSSR count). The molecule has 1 aliphatic rings. The number of benzene rings is 1. The van der Waals surface area contributed by atoms with Crippen LogP contribution in [0, 0.1) is 0 Å². The van der Waals surface area contributed by atoms with Crippen LogP contribution >= 0.6 is 11.6 Å². The molecule has 1 atom stereocenters. The highest BCUT2D eigenvalue weighted by molar-refractivity contribution is 6.17. The summed E-state index contributed by atoms with van der Waals surface area (Å²) >= 11 is 5.75. The second-order valence-electron chi connectivity index (χ2n) is 4.33. The van der Waals surface area contributed by atoms with Gasteiger partial charge >= 0.3 is 0 Å². The number of carbonyl (C=O) groups excluding carboxylic acids is 2. The number of alkyl halides is 1. The van der Waals surface area contributed by atoms with Crippen LogP contribution in [0.2, 0.25) is 0 Å². The van der Waals surface area contributed by atoms with E-state index >= 15 is 0 Å². The van der Waals surface area contributed by atoms with Crippen LogP contribution in [0.3, 0.4) is 0 Å². The summed E-state index contributed by atoms with van der Waals surface area (Å²) in [6, 6.07) is 6.33. The van der Waals surface area contributed by atoms with Crippen molar-refractivity contribution in [3.05, 3.63) is 35.4 Å². The standard InChI is InChI=1S/C13H15ClN2O3/c14-7-9-2-1-3-10(6-9)13(18)16-4-5-19-8-11(16)12(15)17/h1-3,6,11H,4-5,7-8H2,(H2,15,17). The SMILES string of the molecule is NC(=O)C1COCCN1C(=O)c1cccc(CCl)c1. The number of morpholine rings is 1. The maximum absolute atomic E-state index is 12.4. The second-order valence-corrected chi connectivity index (χ2v) is 4.59. The van der Waals surface area contributed by atoms with Gasteiger partial charge in [-0.05, 0) is 17.7 Å². The third-order valence-electron chi connectivity index (χ3n) is 3.05. The maximum atomic E-state index is 12.4. The molecule has 1 saturated heterocycles. The van der Waals surface area contributed by atoms with Crippen molar-refractivity contribution in [1.29, 1.82) is 0 Å². The van der Waals surface area contributed by atoms with Gasteiger partial charge in [-0.25, -0.2) is 0 Å². The molecule has 5 nitrogen and oxygen atoms in total. The Labute approximate surface area is 116 Å². The van der Waals surface area contributed by atoms with Gasteiger partial charge in [0.05, 0.1) is 13.2 Å². The average Bonchev–Trinajstić information content (AvgIpc) is 2.46. The van der Waals surface area contributed by atoms with E-state index in [1.807, 2.05) is 6.07 Å². The first-order valence-corrected chi connectivity index (χ1v) is 6.50. The minimum atomic E-state index is -0.707. The zero-order valence-electron chi connectivity index (χ0n) is 10.3. The minimum Gasteiger partial charge on any atom is -0.377 e. The van der Waals surface area contributed by atoms with Gasteiger partial charge in [0.2, 0.25) is 5.91 Å². The molecule has 2 amide bonds. The number of hydrogen-bond donors (Lipinski definition) is 1. The smallest absolute Gasteiger partial charge is 0.254 e. The average molecular weight is 283 g/mol. The van der Waals surface area contributed by atoms with Gasteiger partial charge in [-0.15, -0.1) is 11.6 Å². The Morgan fingerprint density at radius 3 is 2.95 bits per heavy atom. The molecular formula is C13H15ClN2O3. The summed E-state index contributed by atoms with van der Waals surface area (Å²) in [5.41, 5.74) is 6.66. The molecule has 0 bridgehead atoms. The highest BCUT2D eigenvalue weighted by Gasteiger charge is 2.31.